The van der Waals surface area contributed by atoms with Gasteiger partial charge in [0.05, 0.1) is 6.61 Å². The normalized spacial score (nSPS) is 22.3. The Balaban J connectivity index is 1.25. The van der Waals surface area contributed by atoms with Crippen LogP contribution >= 0.6 is 0 Å². The minimum Gasteiger partial charge on any atom is -0.491 e. The van der Waals surface area contributed by atoms with Gasteiger partial charge in [0.15, 0.2) is 0 Å². The van der Waals surface area contributed by atoms with Gasteiger partial charge in [-0.25, -0.2) is 0 Å². The Bertz CT molecular complexity index is 742. The van der Waals surface area contributed by atoms with Crippen molar-refractivity contribution < 1.29 is 14.2 Å². The molecule has 0 spiro atoms. The van der Waals surface area contributed by atoms with Gasteiger partial charge >= 0.3 is 0 Å². The van der Waals surface area contributed by atoms with Crippen molar-refractivity contribution in [3.8, 4) is 5.75 Å². The molecule has 4 heteroatoms. The molecule has 0 unspecified atom stereocenters. The highest BCUT2D eigenvalue weighted by atomic mass is 16.6. The summed E-state index contributed by atoms with van der Waals surface area (Å²) < 4.78 is 18.1. The fourth-order valence-electron chi connectivity index (χ4n) is 3.76. The Morgan fingerprint density at radius 1 is 1.00 bits per heavy atom. The summed E-state index contributed by atoms with van der Waals surface area (Å²) >= 11 is 0. The van der Waals surface area contributed by atoms with Gasteiger partial charge in [0, 0.05) is 19.2 Å². The maximum Gasteiger partial charge on any atom is 0.137 e. The Kier molecular flexibility index (Phi) is 6.86. The molecule has 1 saturated heterocycles. The first kappa shape index (κ1) is 20.4. The van der Waals surface area contributed by atoms with Crippen LogP contribution in [0.4, 0.5) is 0 Å². The number of nitrogens with zero attached hydrogens (tertiary/aromatic N) is 1. The second-order valence-corrected chi connectivity index (χ2v) is 8.53. The molecular formula is C25H33NO3. The fraction of sp³-hybridized carbons (Fsp3) is 0.520. The van der Waals surface area contributed by atoms with Crippen LogP contribution in [0.2, 0.25) is 0 Å². The summed E-state index contributed by atoms with van der Waals surface area (Å²) in [4.78, 5) is 2.40. The van der Waals surface area contributed by atoms with Crippen molar-refractivity contribution in [2.75, 3.05) is 26.4 Å². The average molecular weight is 396 g/mol. The van der Waals surface area contributed by atoms with E-state index in [0.29, 0.717) is 12.6 Å². The van der Waals surface area contributed by atoms with E-state index in [4.69, 9.17) is 14.2 Å². The van der Waals surface area contributed by atoms with E-state index < -0.39 is 0 Å². The summed E-state index contributed by atoms with van der Waals surface area (Å²) in [6.07, 6.45) is 3.72. The molecular weight excluding hydrogens is 362 g/mol. The second-order valence-electron chi connectivity index (χ2n) is 8.53. The van der Waals surface area contributed by atoms with Gasteiger partial charge < -0.3 is 14.2 Å². The van der Waals surface area contributed by atoms with E-state index >= 15 is 0 Å². The van der Waals surface area contributed by atoms with Crippen LogP contribution in [0.3, 0.4) is 0 Å². The van der Waals surface area contributed by atoms with Crippen molar-refractivity contribution in [1.82, 2.24) is 4.90 Å². The first-order valence-corrected chi connectivity index (χ1v) is 10.9. The van der Waals surface area contributed by atoms with Crippen molar-refractivity contribution in [1.29, 1.82) is 0 Å². The molecule has 1 saturated carbocycles. The molecule has 2 aliphatic rings. The highest BCUT2D eigenvalue weighted by molar-refractivity contribution is 5.27. The minimum atomic E-state index is 0.00261. The van der Waals surface area contributed by atoms with Crippen LogP contribution in [0.25, 0.3) is 0 Å². The highest BCUT2D eigenvalue weighted by Gasteiger charge is 2.35. The molecule has 0 bridgehead atoms. The molecule has 0 N–H and O–H groups in total. The third-order valence-electron chi connectivity index (χ3n) is 5.73. The van der Waals surface area contributed by atoms with Crippen LogP contribution in [0.1, 0.15) is 44.0 Å². The minimum absolute atomic E-state index is 0.00261. The van der Waals surface area contributed by atoms with E-state index in [1.807, 2.05) is 6.07 Å². The van der Waals surface area contributed by atoms with E-state index in [1.165, 1.54) is 24.0 Å². The number of hydrogen-bond donors (Lipinski definition) is 0. The molecule has 4 rings (SSSR count). The first-order chi connectivity index (χ1) is 14.2. The number of rotatable bonds is 10. The van der Waals surface area contributed by atoms with Crippen LogP contribution in [0, 0.1) is 5.92 Å². The van der Waals surface area contributed by atoms with Crippen molar-refractivity contribution >= 4 is 0 Å². The smallest absolute Gasteiger partial charge is 0.137 e. The second kappa shape index (κ2) is 9.75. The van der Waals surface area contributed by atoms with Crippen LogP contribution < -0.4 is 4.74 Å². The molecule has 2 atom stereocenters. The predicted molar refractivity (Wildman–Crippen MR) is 115 cm³/mol. The standard InChI is InChI=1S/C25H33NO3/c1-19(2)26-16-24(29-25(26)22-6-4-3-5-7-22)18-28-23-12-10-20(11-13-23)14-15-27-17-21-8-9-21/h3-7,10-13,19,21,24-25H,8-9,14-18H2,1-2H3/t24-,25-/m0/s1. The van der Waals surface area contributed by atoms with E-state index in [9.17, 15) is 0 Å². The number of benzene rings is 2. The molecule has 1 aliphatic carbocycles. The van der Waals surface area contributed by atoms with Crippen LogP contribution in [0.5, 0.6) is 5.75 Å². The lowest BCUT2D eigenvalue weighted by molar-refractivity contribution is -0.0234. The SMILES string of the molecule is CC(C)N1C[C@@H](COc2ccc(CCOCC3CC3)cc2)O[C@H]1c1ccccc1. The molecule has 0 radical (unpaired) electrons. The first-order valence-electron chi connectivity index (χ1n) is 10.9. The molecule has 4 nitrogen and oxygen atoms in total. The van der Waals surface area contributed by atoms with Gasteiger partial charge in [0.2, 0.25) is 0 Å². The summed E-state index contributed by atoms with van der Waals surface area (Å²) in [5.41, 5.74) is 2.50. The van der Waals surface area contributed by atoms with Crippen molar-refractivity contribution in [2.45, 2.75) is 51.5 Å². The summed E-state index contributed by atoms with van der Waals surface area (Å²) in [7, 11) is 0. The zero-order chi connectivity index (χ0) is 20.1. The molecule has 0 aromatic heterocycles. The number of ether oxygens (including phenoxy) is 3. The summed E-state index contributed by atoms with van der Waals surface area (Å²) in [5, 5.41) is 0. The largest absolute Gasteiger partial charge is 0.491 e. The molecule has 1 aliphatic heterocycles. The van der Waals surface area contributed by atoms with Gasteiger partial charge in [-0.1, -0.05) is 42.5 Å². The number of hydrogen-bond acceptors (Lipinski definition) is 4. The molecule has 156 valence electrons. The van der Waals surface area contributed by atoms with Crippen LogP contribution in [-0.2, 0) is 15.9 Å². The monoisotopic (exact) mass is 395 g/mol. The lowest BCUT2D eigenvalue weighted by Crippen LogP contribution is -2.32. The third-order valence-corrected chi connectivity index (χ3v) is 5.73. The average Bonchev–Trinajstić information content (AvgIpc) is 3.47. The Morgan fingerprint density at radius 2 is 1.76 bits per heavy atom. The van der Waals surface area contributed by atoms with Crippen molar-refractivity contribution in [2.24, 2.45) is 5.92 Å². The Morgan fingerprint density at radius 3 is 2.45 bits per heavy atom. The quantitative estimate of drug-likeness (QED) is 0.539. The van der Waals surface area contributed by atoms with E-state index in [2.05, 4.69) is 67.3 Å². The Hall–Kier alpha value is -1.88. The zero-order valence-electron chi connectivity index (χ0n) is 17.6. The van der Waals surface area contributed by atoms with Gasteiger partial charge in [0.25, 0.3) is 0 Å². The fourth-order valence-corrected chi connectivity index (χ4v) is 3.76. The van der Waals surface area contributed by atoms with Gasteiger partial charge in [-0.15, -0.1) is 0 Å². The molecule has 2 fully saturated rings. The lowest BCUT2D eigenvalue weighted by atomic mass is 10.1. The van der Waals surface area contributed by atoms with Gasteiger partial charge in [0.1, 0.15) is 24.7 Å². The molecule has 1 heterocycles. The van der Waals surface area contributed by atoms with Gasteiger partial charge in [-0.2, -0.15) is 0 Å². The topological polar surface area (TPSA) is 30.9 Å². The summed E-state index contributed by atoms with van der Waals surface area (Å²) in [6, 6.07) is 19.3. The summed E-state index contributed by atoms with van der Waals surface area (Å²) in [5.74, 6) is 1.73. The van der Waals surface area contributed by atoms with Gasteiger partial charge in [-0.05, 0) is 62.3 Å². The maximum absolute atomic E-state index is 6.34. The van der Waals surface area contributed by atoms with E-state index in [-0.39, 0.29) is 12.3 Å². The van der Waals surface area contributed by atoms with Crippen molar-refractivity contribution in [3.63, 3.8) is 0 Å². The van der Waals surface area contributed by atoms with E-state index in [1.54, 1.807) is 0 Å². The van der Waals surface area contributed by atoms with Crippen LogP contribution in [-0.4, -0.2) is 43.4 Å². The molecule has 0 amide bonds. The third kappa shape index (κ3) is 5.81. The van der Waals surface area contributed by atoms with Crippen molar-refractivity contribution in [3.05, 3.63) is 65.7 Å². The zero-order valence-corrected chi connectivity index (χ0v) is 17.6. The molecule has 2 aromatic carbocycles. The molecule has 2 aromatic rings. The van der Waals surface area contributed by atoms with Gasteiger partial charge in [-0.3, -0.25) is 4.90 Å². The Labute approximate surface area is 174 Å². The summed E-state index contributed by atoms with van der Waals surface area (Å²) in [6.45, 7) is 7.62. The maximum atomic E-state index is 6.34. The molecule has 29 heavy (non-hydrogen) atoms. The van der Waals surface area contributed by atoms with E-state index in [0.717, 1.165) is 37.8 Å². The van der Waals surface area contributed by atoms with Crippen LogP contribution in [0.15, 0.2) is 54.6 Å². The lowest BCUT2D eigenvalue weighted by Gasteiger charge is -2.26. The predicted octanol–water partition coefficient (Wildman–Crippen LogP) is 4.84. The highest BCUT2D eigenvalue weighted by Crippen LogP contribution is 2.32.